The number of benzene rings is 1. The van der Waals surface area contributed by atoms with Gasteiger partial charge in [-0.2, -0.15) is 0 Å². The fourth-order valence-corrected chi connectivity index (χ4v) is 3.06. The van der Waals surface area contributed by atoms with Crippen LogP contribution >= 0.6 is 11.8 Å². The Bertz CT molecular complexity index is 764. The lowest BCUT2D eigenvalue weighted by Gasteiger charge is -2.14. The minimum atomic E-state index is 0.635. The van der Waals surface area contributed by atoms with E-state index < -0.39 is 0 Å². The minimum Gasteiger partial charge on any atom is -0.335 e. The number of aromatic nitrogens is 4. The number of nitrogens with zero attached hydrogens (tertiary/aromatic N) is 4. The highest BCUT2D eigenvalue weighted by Gasteiger charge is 2.27. The second-order valence-corrected chi connectivity index (χ2v) is 5.33. The number of anilines is 1. The summed E-state index contributed by atoms with van der Waals surface area (Å²) in [5, 5.41) is 13.3. The molecule has 6 nitrogen and oxygen atoms in total. The molecule has 4 rings (SSSR count). The Balaban J connectivity index is 1.79. The van der Waals surface area contributed by atoms with Crippen LogP contribution in [0.3, 0.4) is 0 Å². The fraction of sp³-hybridized carbons (Fsp3) is 0.154. The van der Waals surface area contributed by atoms with Gasteiger partial charge in [0.25, 0.3) is 5.88 Å². The summed E-state index contributed by atoms with van der Waals surface area (Å²) in [6.07, 6.45) is 0.801. The van der Waals surface area contributed by atoms with Crippen molar-refractivity contribution in [2.24, 2.45) is 0 Å². The van der Waals surface area contributed by atoms with Gasteiger partial charge in [0.05, 0.1) is 0 Å². The third kappa shape index (κ3) is 1.63. The smallest absolute Gasteiger partial charge is 0.258 e. The molecule has 0 spiro atoms. The first kappa shape index (κ1) is 11.5. The number of aryl methyl sites for hydroxylation is 1. The SMILES string of the molecule is CCc1nnc2n1Nc1onc(-c3ccccc3)c1S2. The summed E-state index contributed by atoms with van der Waals surface area (Å²) in [7, 11) is 0. The first-order valence-corrected chi connectivity index (χ1v) is 7.12. The van der Waals surface area contributed by atoms with Gasteiger partial charge in [-0.15, -0.1) is 10.2 Å². The Morgan fingerprint density at radius 3 is 2.90 bits per heavy atom. The van der Waals surface area contributed by atoms with Crippen molar-refractivity contribution in [2.45, 2.75) is 23.4 Å². The molecule has 3 aromatic rings. The van der Waals surface area contributed by atoms with Gasteiger partial charge < -0.3 is 4.52 Å². The highest BCUT2D eigenvalue weighted by molar-refractivity contribution is 7.99. The van der Waals surface area contributed by atoms with Gasteiger partial charge in [-0.3, -0.25) is 5.43 Å². The van der Waals surface area contributed by atoms with Crippen LogP contribution in [0.4, 0.5) is 5.88 Å². The molecule has 1 aliphatic heterocycles. The second kappa shape index (κ2) is 4.38. The van der Waals surface area contributed by atoms with Gasteiger partial charge in [0.15, 0.2) is 5.82 Å². The van der Waals surface area contributed by atoms with Gasteiger partial charge in [0, 0.05) is 12.0 Å². The molecule has 0 fully saturated rings. The molecule has 7 heteroatoms. The molecule has 0 radical (unpaired) electrons. The molecule has 0 saturated heterocycles. The maximum atomic E-state index is 5.41. The van der Waals surface area contributed by atoms with Gasteiger partial charge in [-0.05, 0) is 11.8 Å². The molecule has 0 unspecified atom stereocenters. The topological polar surface area (TPSA) is 68.8 Å². The highest BCUT2D eigenvalue weighted by Crippen LogP contribution is 2.43. The van der Waals surface area contributed by atoms with Gasteiger partial charge in [-0.25, -0.2) is 4.68 Å². The van der Waals surface area contributed by atoms with Crippen molar-refractivity contribution in [3.63, 3.8) is 0 Å². The summed E-state index contributed by atoms with van der Waals surface area (Å²) < 4.78 is 7.25. The summed E-state index contributed by atoms with van der Waals surface area (Å²) >= 11 is 1.52. The third-order valence-corrected chi connectivity index (χ3v) is 4.15. The first-order valence-electron chi connectivity index (χ1n) is 6.31. The van der Waals surface area contributed by atoms with E-state index in [1.54, 1.807) is 0 Å². The Hall–Kier alpha value is -2.28. The van der Waals surface area contributed by atoms with Crippen LogP contribution in [0, 0.1) is 0 Å². The van der Waals surface area contributed by atoms with Crippen LogP contribution in [0.5, 0.6) is 0 Å². The van der Waals surface area contributed by atoms with Crippen LogP contribution in [0.15, 0.2) is 44.9 Å². The van der Waals surface area contributed by atoms with E-state index in [0.29, 0.717) is 5.88 Å². The molecule has 0 amide bonds. The molecule has 0 atom stereocenters. The zero-order valence-electron chi connectivity index (χ0n) is 10.7. The quantitative estimate of drug-likeness (QED) is 0.611. The summed E-state index contributed by atoms with van der Waals surface area (Å²) in [4.78, 5) is 0.943. The lowest BCUT2D eigenvalue weighted by molar-refractivity contribution is 0.427. The first-order chi connectivity index (χ1) is 9.86. The van der Waals surface area contributed by atoms with Crippen molar-refractivity contribution in [3.8, 4) is 11.3 Å². The Kier molecular flexibility index (Phi) is 2.53. The van der Waals surface area contributed by atoms with Gasteiger partial charge in [0.1, 0.15) is 10.6 Å². The average molecular weight is 285 g/mol. The molecular weight excluding hydrogens is 274 g/mol. The van der Waals surface area contributed by atoms with Crippen molar-refractivity contribution >= 4 is 17.6 Å². The van der Waals surface area contributed by atoms with Gasteiger partial charge in [0.2, 0.25) is 5.16 Å². The molecule has 1 N–H and O–H groups in total. The largest absolute Gasteiger partial charge is 0.335 e. The summed E-state index contributed by atoms with van der Waals surface area (Å²) in [5.74, 6) is 1.51. The normalized spacial score (nSPS) is 12.7. The van der Waals surface area contributed by atoms with Crippen molar-refractivity contribution in [1.29, 1.82) is 0 Å². The summed E-state index contributed by atoms with van der Waals surface area (Å²) in [5.41, 5.74) is 5.02. The molecule has 1 aliphatic rings. The van der Waals surface area contributed by atoms with E-state index in [9.17, 15) is 0 Å². The van der Waals surface area contributed by atoms with E-state index in [2.05, 4.69) is 20.8 Å². The van der Waals surface area contributed by atoms with Crippen LogP contribution in [0.25, 0.3) is 11.3 Å². The number of rotatable bonds is 2. The summed E-state index contributed by atoms with van der Waals surface area (Å²) in [6, 6.07) is 9.96. The maximum Gasteiger partial charge on any atom is 0.258 e. The molecule has 0 saturated carbocycles. The van der Waals surface area contributed by atoms with Crippen molar-refractivity contribution in [1.82, 2.24) is 20.0 Å². The van der Waals surface area contributed by atoms with Crippen LogP contribution in [0.2, 0.25) is 0 Å². The Morgan fingerprint density at radius 1 is 1.25 bits per heavy atom. The van der Waals surface area contributed by atoms with Crippen LogP contribution in [-0.2, 0) is 6.42 Å². The van der Waals surface area contributed by atoms with Crippen LogP contribution in [0.1, 0.15) is 12.7 Å². The molecular formula is C13H11N5OS. The Morgan fingerprint density at radius 2 is 2.10 bits per heavy atom. The van der Waals surface area contributed by atoms with Crippen molar-refractivity contribution < 1.29 is 4.52 Å². The van der Waals surface area contributed by atoms with Crippen LogP contribution < -0.4 is 5.43 Å². The molecule has 3 heterocycles. The van der Waals surface area contributed by atoms with E-state index in [1.807, 2.05) is 41.9 Å². The van der Waals surface area contributed by atoms with Crippen molar-refractivity contribution in [2.75, 3.05) is 5.43 Å². The standard InChI is InChI=1S/C13H11N5OS/c1-2-9-14-15-13-18(9)16-12-11(20-13)10(17-19-12)8-6-4-3-5-7-8/h3-7,16H,2H2,1H3. The highest BCUT2D eigenvalue weighted by atomic mass is 32.2. The predicted molar refractivity (Wildman–Crippen MR) is 74.5 cm³/mol. The molecule has 20 heavy (non-hydrogen) atoms. The van der Waals surface area contributed by atoms with E-state index in [4.69, 9.17) is 4.52 Å². The molecule has 0 aliphatic carbocycles. The fourth-order valence-electron chi connectivity index (χ4n) is 2.13. The predicted octanol–water partition coefficient (Wildman–Crippen LogP) is 2.84. The Labute approximate surface area is 119 Å². The molecule has 100 valence electrons. The average Bonchev–Trinajstić information content (AvgIpc) is 3.08. The number of hydrogen-bond acceptors (Lipinski definition) is 6. The minimum absolute atomic E-state index is 0.635. The van der Waals surface area contributed by atoms with Crippen molar-refractivity contribution in [3.05, 3.63) is 36.2 Å². The van der Waals surface area contributed by atoms with Crippen LogP contribution in [-0.4, -0.2) is 20.0 Å². The maximum absolute atomic E-state index is 5.41. The summed E-state index contributed by atoms with van der Waals surface area (Å²) in [6.45, 7) is 2.04. The lowest BCUT2D eigenvalue weighted by atomic mass is 10.1. The third-order valence-electron chi connectivity index (χ3n) is 3.12. The van der Waals surface area contributed by atoms with E-state index >= 15 is 0 Å². The molecule has 2 aromatic heterocycles. The number of nitrogens with one attached hydrogen (secondary N) is 1. The monoisotopic (exact) mass is 285 g/mol. The lowest BCUT2D eigenvalue weighted by Crippen LogP contribution is -2.16. The van der Waals surface area contributed by atoms with E-state index in [1.165, 1.54) is 11.8 Å². The zero-order chi connectivity index (χ0) is 13.5. The molecule has 1 aromatic carbocycles. The van der Waals surface area contributed by atoms with E-state index in [-0.39, 0.29) is 0 Å². The number of fused-ring (bicyclic) bond motifs is 2. The second-order valence-electron chi connectivity index (χ2n) is 4.36. The zero-order valence-corrected chi connectivity index (χ0v) is 11.5. The molecule has 0 bridgehead atoms. The van der Waals surface area contributed by atoms with Gasteiger partial charge in [-0.1, -0.05) is 42.4 Å². The van der Waals surface area contributed by atoms with Gasteiger partial charge >= 0.3 is 0 Å². The number of hydrogen-bond donors (Lipinski definition) is 1. The van der Waals surface area contributed by atoms with E-state index in [0.717, 1.165) is 33.6 Å².